The second kappa shape index (κ2) is 5.67. The van der Waals surface area contributed by atoms with Crippen molar-refractivity contribution in [3.05, 3.63) is 17.6 Å². The summed E-state index contributed by atoms with van der Waals surface area (Å²) in [5, 5.41) is 39.4. The van der Waals surface area contributed by atoms with Gasteiger partial charge in [-0.2, -0.15) is 0 Å². The van der Waals surface area contributed by atoms with Crippen molar-refractivity contribution in [2.45, 2.75) is 37.7 Å². The van der Waals surface area contributed by atoms with E-state index < -0.39 is 37.4 Å². The van der Waals surface area contributed by atoms with E-state index >= 15 is 0 Å². The highest BCUT2D eigenvalue weighted by atomic mass is 16.6. The van der Waals surface area contributed by atoms with Gasteiger partial charge in [0.25, 0.3) is 0 Å². The molecule has 1 saturated heterocycles. The van der Waals surface area contributed by atoms with Crippen molar-refractivity contribution in [3.8, 4) is 0 Å². The van der Waals surface area contributed by atoms with Crippen LogP contribution in [0.2, 0.25) is 0 Å². The highest BCUT2D eigenvalue weighted by Gasteiger charge is 2.44. The Kier molecular flexibility index (Phi) is 3.96. The van der Waals surface area contributed by atoms with Gasteiger partial charge in [-0.3, -0.25) is 0 Å². The average Bonchev–Trinajstić information content (AvgIpc) is 2.99. The summed E-state index contributed by atoms with van der Waals surface area (Å²) in [6.45, 7) is 1.19. The molecule has 2 aromatic rings. The van der Waals surface area contributed by atoms with E-state index in [1.807, 2.05) is 0 Å². The molecule has 0 aliphatic carbocycles. The van der Waals surface area contributed by atoms with Gasteiger partial charge in [-0.25, -0.2) is 9.97 Å². The van der Waals surface area contributed by atoms with E-state index in [1.54, 1.807) is 6.92 Å². The molecule has 0 spiro atoms. The van der Waals surface area contributed by atoms with Gasteiger partial charge in [0.15, 0.2) is 6.23 Å². The molecule has 3 rings (SSSR count). The molecule has 0 saturated carbocycles. The number of aromatic nitrogens is 3. The number of hydrogen-bond acceptors (Lipinski definition) is 9. The third-order valence-corrected chi connectivity index (χ3v) is 3.95. The van der Waals surface area contributed by atoms with Crippen molar-refractivity contribution >= 4 is 16.9 Å². The summed E-state index contributed by atoms with van der Waals surface area (Å²) >= 11 is 0. The maximum absolute atomic E-state index is 10.2. The van der Waals surface area contributed by atoms with Crippen LogP contribution >= 0.6 is 0 Å². The van der Waals surface area contributed by atoms with Crippen molar-refractivity contribution in [2.24, 2.45) is 5.73 Å². The van der Waals surface area contributed by atoms with Crippen LogP contribution in [-0.4, -0.2) is 59.9 Å². The Balaban J connectivity index is 2.18. The van der Waals surface area contributed by atoms with Crippen LogP contribution in [0.5, 0.6) is 0 Å². The van der Waals surface area contributed by atoms with Gasteiger partial charge in [0.2, 0.25) is 0 Å². The summed E-state index contributed by atoms with van der Waals surface area (Å²) in [6.07, 6.45) is -4.37. The number of nitrogens with zero attached hydrogens (tertiary/aromatic N) is 3. The number of nitrogen functional groups attached to an aromatic ring is 1. The maximum atomic E-state index is 10.2. The summed E-state index contributed by atoms with van der Waals surface area (Å²) in [5.74, 6) is 0.525. The molecular weight excluding hydrogens is 306 g/mol. The summed E-state index contributed by atoms with van der Waals surface area (Å²) < 4.78 is 6.92. The minimum Gasteiger partial charge on any atom is -0.394 e. The Morgan fingerprint density at radius 3 is 2.61 bits per heavy atom. The molecule has 1 aliphatic heterocycles. The fourth-order valence-electron chi connectivity index (χ4n) is 2.85. The predicted octanol–water partition coefficient (Wildman–Crippen LogP) is -2.12. The standard InChI is InChI=1S/C13H19N5O5/c1-4-16-10(14)7-5(11(15)22)2-18(12(7)17-4)13-9(21)8(20)6(3-19)23-13/h2,6,8-9,11,13,19-22H,3,15H2,1H3,(H2,14,16,17)/t6-,8-,9-,11?,13-/m0/s1. The monoisotopic (exact) mass is 325 g/mol. The first kappa shape index (κ1) is 16.1. The van der Waals surface area contributed by atoms with Gasteiger partial charge in [0.05, 0.1) is 12.0 Å². The lowest BCUT2D eigenvalue weighted by molar-refractivity contribution is -0.0510. The smallest absolute Gasteiger partial charge is 0.164 e. The number of nitrogens with two attached hydrogens (primary N) is 2. The average molecular weight is 325 g/mol. The molecule has 2 aromatic heterocycles. The molecule has 10 heteroatoms. The second-order valence-corrected chi connectivity index (χ2v) is 5.52. The van der Waals surface area contributed by atoms with Gasteiger partial charge in [-0.1, -0.05) is 0 Å². The number of anilines is 1. The van der Waals surface area contributed by atoms with Crippen LogP contribution in [0.25, 0.3) is 11.0 Å². The van der Waals surface area contributed by atoms with E-state index in [4.69, 9.17) is 16.2 Å². The van der Waals surface area contributed by atoms with Crippen molar-refractivity contribution in [1.29, 1.82) is 0 Å². The van der Waals surface area contributed by atoms with Crippen LogP contribution in [0.4, 0.5) is 5.82 Å². The Labute approximate surface area is 130 Å². The summed E-state index contributed by atoms with van der Waals surface area (Å²) in [7, 11) is 0. The lowest BCUT2D eigenvalue weighted by atomic mass is 10.1. The van der Waals surface area contributed by atoms with E-state index in [9.17, 15) is 20.4 Å². The molecule has 10 nitrogen and oxygen atoms in total. The molecule has 8 N–H and O–H groups in total. The fourth-order valence-corrected chi connectivity index (χ4v) is 2.85. The summed E-state index contributed by atoms with van der Waals surface area (Å²) in [6, 6.07) is 0. The zero-order valence-corrected chi connectivity index (χ0v) is 12.4. The van der Waals surface area contributed by atoms with Crippen LogP contribution in [0.1, 0.15) is 23.8 Å². The lowest BCUT2D eigenvalue weighted by Gasteiger charge is -2.17. The molecule has 126 valence electrons. The Hall–Kier alpha value is -1.82. The van der Waals surface area contributed by atoms with E-state index in [0.29, 0.717) is 16.9 Å². The Morgan fingerprint density at radius 2 is 2.04 bits per heavy atom. The van der Waals surface area contributed by atoms with Crippen LogP contribution in [0, 0.1) is 6.92 Å². The molecule has 1 fully saturated rings. The first-order valence-corrected chi connectivity index (χ1v) is 7.05. The van der Waals surface area contributed by atoms with Crippen molar-refractivity contribution in [1.82, 2.24) is 14.5 Å². The second-order valence-electron chi connectivity index (χ2n) is 5.52. The molecule has 1 aliphatic rings. The van der Waals surface area contributed by atoms with Crippen molar-refractivity contribution in [3.63, 3.8) is 0 Å². The molecule has 0 radical (unpaired) electrons. The highest BCUT2D eigenvalue weighted by molar-refractivity contribution is 5.90. The van der Waals surface area contributed by atoms with E-state index in [0.717, 1.165) is 0 Å². The van der Waals surface area contributed by atoms with E-state index in [2.05, 4.69) is 9.97 Å². The molecular formula is C13H19N5O5. The van der Waals surface area contributed by atoms with Gasteiger partial charge >= 0.3 is 0 Å². The number of aliphatic hydroxyl groups is 4. The van der Waals surface area contributed by atoms with E-state index in [-0.39, 0.29) is 11.4 Å². The van der Waals surface area contributed by atoms with Gasteiger partial charge in [0, 0.05) is 11.8 Å². The maximum Gasteiger partial charge on any atom is 0.164 e. The Morgan fingerprint density at radius 1 is 1.35 bits per heavy atom. The number of aryl methyl sites for hydroxylation is 1. The first-order valence-electron chi connectivity index (χ1n) is 7.05. The van der Waals surface area contributed by atoms with Gasteiger partial charge in [-0.15, -0.1) is 0 Å². The first-order chi connectivity index (χ1) is 10.8. The van der Waals surface area contributed by atoms with Crippen LogP contribution in [0.3, 0.4) is 0 Å². The predicted molar refractivity (Wildman–Crippen MR) is 78.8 cm³/mol. The van der Waals surface area contributed by atoms with Crippen LogP contribution in [0.15, 0.2) is 6.20 Å². The number of rotatable bonds is 3. The number of hydrogen-bond donors (Lipinski definition) is 6. The Bertz CT molecular complexity index is 733. The van der Waals surface area contributed by atoms with Gasteiger partial charge in [0.1, 0.15) is 41.8 Å². The number of ether oxygens (including phenoxy) is 1. The van der Waals surface area contributed by atoms with Gasteiger partial charge in [-0.05, 0) is 6.92 Å². The SMILES string of the molecule is Cc1nc(N)c2c(C(N)O)cn([C@H]3O[C@@H](CO)[C@H](O)[C@@H]3O)c2n1. The molecule has 23 heavy (non-hydrogen) atoms. The minimum atomic E-state index is -1.33. The fraction of sp³-hybridized carbons (Fsp3) is 0.538. The third kappa shape index (κ3) is 2.45. The number of aliphatic hydroxyl groups excluding tert-OH is 4. The van der Waals surface area contributed by atoms with Crippen molar-refractivity contribution in [2.75, 3.05) is 12.3 Å². The lowest BCUT2D eigenvalue weighted by Crippen LogP contribution is -2.33. The zero-order valence-electron chi connectivity index (χ0n) is 12.4. The summed E-state index contributed by atoms with van der Waals surface area (Å²) in [4.78, 5) is 8.31. The molecule has 0 amide bonds. The largest absolute Gasteiger partial charge is 0.394 e. The third-order valence-electron chi connectivity index (χ3n) is 3.95. The van der Waals surface area contributed by atoms with E-state index in [1.165, 1.54) is 10.8 Å². The molecule has 5 atom stereocenters. The topological polar surface area (TPSA) is 173 Å². The van der Waals surface area contributed by atoms with Gasteiger partial charge < -0.3 is 41.2 Å². The minimum absolute atomic E-state index is 0.137. The van der Waals surface area contributed by atoms with Crippen LogP contribution in [-0.2, 0) is 4.74 Å². The summed E-state index contributed by atoms with van der Waals surface area (Å²) in [5.41, 5.74) is 12.0. The quantitative estimate of drug-likeness (QED) is 0.345. The highest BCUT2D eigenvalue weighted by Crippen LogP contribution is 2.35. The van der Waals surface area contributed by atoms with Crippen molar-refractivity contribution < 1.29 is 25.2 Å². The zero-order chi connectivity index (χ0) is 16.9. The molecule has 1 unspecified atom stereocenters. The molecule has 0 aromatic carbocycles. The van der Waals surface area contributed by atoms with Crippen LogP contribution < -0.4 is 11.5 Å². The molecule has 3 heterocycles. The normalized spacial score (nSPS) is 29.3. The molecule has 0 bridgehead atoms. The number of fused-ring (bicyclic) bond motifs is 1.